The number of anilines is 1. The molecule has 0 saturated heterocycles. The lowest BCUT2D eigenvalue weighted by Crippen LogP contribution is -2.25. The van der Waals surface area contributed by atoms with Gasteiger partial charge in [-0.25, -0.2) is 14.4 Å². The van der Waals surface area contributed by atoms with E-state index in [4.69, 9.17) is 0 Å². The van der Waals surface area contributed by atoms with Crippen LogP contribution in [-0.4, -0.2) is 31.2 Å². The van der Waals surface area contributed by atoms with Crippen molar-refractivity contribution < 1.29 is 9.18 Å². The second-order valence-electron chi connectivity index (χ2n) is 6.34. The molecule has 0 saturated carbocycles. The van der Waals surface area contributed by atoms with Crippen LogP contribution in [0.5, 0.6) is 0 Å². The van der Waals surface area contributed by atoms with Crippen molar-refractivity contribution in [1.29, 1.82) is 0 Å². The molecule has 0 radical (unpaired) electrons. The molecule has 3 heterocycles. The first kappa shape index (κ1) is 19.7. The number of nitrogens with zero attached hydrogens (tertiary/aromatic N) is 4. The normalized spacial score (nSPS) is 10.8. The SMILES string of the molecule is O=C(CSc1nc2ncccc2c(=O)n1Cc1cccnc1)Nc1ccccc1F. The number of aromatic nitrogens is 4. The number of rotatable bonds is 6. The highest BCUT2D eigenvalue weighted by molar-refractivity contribution is 7.99. The van der Waals surface area contributed by atoms with Crippen molar-refractivity contribution in [2.75, 3.05) is 11.1 Å². The summed E-state index contributed by atoms with van der Waals surface area (Å²) in [6.45, 7) is 0.252. The number of pyridine rings is 2. The van der Waals surface area contributed by atoms with Crippen LogP contribution in [0.15, 0.2) is 77.1 Å². The monoisotopic (exact) mass is 421 g/mol. The Labute approximate surface area is 175 Å². The third-order valence-corrected chi connectivity index (χ3v) is 5.21. The first-order valence-corrected chi connectivity index (χ1v) is 10.0. The molecular weight excluding hydrogens is 405 g/mol. The molecule has 1 amide bonds. The van der Waals surface area contributed by atoms with Gasteiger partial charge in [0, 0.05) is 18.6 Å². The average molecular weight is 421 g/mol. The minimum absolute atomic E-state index is 0.0495. The third-order valence-electron chi connectivity index (χ3n) is 4.24. The van der Waals surface area contributed by atoms with Gasteiger partial charge in [-0.05, 0) is 35.9 Å². The molecular formula is C21H16FN5O2S. The first-order chi connectivity index (χ1) is 14.6. The number of amides is 1. The number of fused-ring (bicyclic) bond motifs is 1. The number of carbonyl (C=O) groups is 1. The van der Waals surface area contributed by atoms with E-state index in [-0.39, 0.29) is 23.5 Å². The molecule has 0 aliphatic carbocycles. The Morgan fingerprint density at radius 2 is 1.93 bits per heavy atom. The molecule has 0 aliphatic rings. The molecule has 3 aromatic heterocycles. The van der Waals surface area contributed by atoms with Gasteiger partial charge in [0.05, 0.1) is 23.4 Å². The van der Waals surface area contributed by atoms with Gasteiger partial charge in [0.25, 0.3) is 5.56 Å². The smallest absolute Gasteiger partial charge is 0.263 e. The van der Waals surface area contributed by atoms with Crippen LogP contribution in [0.4, 0.5) is 10.1 Å². The molecule has 1 N–H and O–H groups in total. The van der Waals surface area contributed by atoms with Crippen molar-refractivity contribution in [3.8, 4) is 0 Å². The van der Waals surface area contributed by atoms with Crippen molar-refractivity contribution in [3.05, 3.63) is 88.9 Å². The van der Waals surface area contributed by atoms with Crippen molar-refractivity contribution in [2.45, 2.75) is 11.7 Å². The van der Waals surface area contributed by atoms with Gasteiger partial charge in [-0.2, -0.15) is 0 Å². The quantitative estimate of drug-likeness (QED) is 0.380. The molecule has 150 valence electrons. The molecule has 0 fully saturated rings. The fourth-order valence-electron chi connectivity index (χ4n) is 2.84. The Balaban J connectivity index is 1.62. The molecule has 0 bridgehead atoms. The highest BCUT2D eigenvalue weighted by Gasteiger charge is 2.15. The molecule has 1 aromatic carbocycles. The zero-order valence-corrected chi connectivity index (χ0v) is 16.5. The maximum atomic E-state index is 13.8. The summed E-state index contributed by atoms with van der Waals surface area (Å²) in [5, 5.41) is 3.26. The van der Waals surface area contributed by atoms with Gasteiger partial charge in [-0.15, -0.1) is 0 Å². The summed E-state index contributed by atoms with van der Waals surface area (Å²) >= 11 is 1.09. The van der Waals surface area contributed by atoms with E-state index in [0.717, 1.165) is 17.3 Å². The summed E-state index contributed by atoms with van der Waals surface area (Å²) in [5.74, 6) is -0.975. The van der Waals surface area contributed by atoms with Gasteiger partial charge in [-0.3, -0.25) is 19.1 Å². The number of nitrogens with one attached hydrogen (secondary N) is 1. The fourth-order valence-corrected chi connectivity index (χ4v) is 3.63. The lowest BCUT2D eigenvalue weighted by molar-refractivity contribution is -0.113. The van der Waals surface area contributed by atoms with Gasteiger partial charge in [-0.1, -0.05) is 30.0 Å². The van der Waals surface area contributed by atoms with Crippen LogP contribution in [0.25, 0.3) is 11.0 Å². The Morgan fingerprint density at radius 3 is 2.73 bits per heavy atom. The lowest BCUT2D eigenvalue weighted by Gasteiger charge is -2.13. The van der Waals surface area contributed by atoms with Crippen LogP contribution in [0.2, 0.25) is 0 Å². The van der Waals surface area contributed by atoms with Crippen molar-refractivity contribution >= 4 is 34.4 Å². The van der Waals surface area contributed by atoms with Crippen LogP contribution in [0, 0.1) is 5.82 Å². The fraction of sp³-hybridized carbons (Fsp3) is 0.0952. The standard InChI is InChI=1S/C21H16FN5O2S/c22-16-7-1-2-8-17(16)25-18(28)13-30-21-26-19-15(6-4-10-24-19)20(29)27(21)12-14-5-3-9-23-11-14/h1-11H,12-13H2,(H,25,28). The zero-order chi connectivity index (χ0) is 20.9. The van der Waals surface area contributed by atoms with Gasteiger partial charge >= 0.3 is 0 Å². The van der Waals surface area contributed by atoms with E-state index >= 15 is 0 Å². The van der Waals surface area contributed by atoms with Crippen LogP contribution >= 0.6 is 11.8 Å². The number of para-hydroxylation sites is 1. The van der Waals surface area contributed by atoms with Gasteiger partial charge in [0.1, 0.15) is 5.82 Å². The first-order valence-electron chi connectivity index (χ1n) is 9.03. The summed E-state index contributed by atoms with van der Waals surface area (Å²) in [4.78, 5) is 38.1. The average Bonchev–Trinajstić information content (AvgIpc) is 2.77. The van der Waals surface area contributed by atoms with Gasteiger partial charge in [0.15, 0.2) is 10.8 Å². The van der Waals surface area contributed by atoms with E-state index in [9.17, 15) is 14.0 Å². The molecule has 4 aromatic rings. The second-order valence-corrected chi connectivity index (χ2v) is 7.28. The number of thioether (sulfide) groups is 1. The van der Waals surface area contributed by atoms with Crippen molar-refractivity contribution in [3.63, 3.8) is 0 Å². The molecule has 0 spiro atoms. The number of carbonyl (C=O) groups excluding carboxylic acids is 1. The minimum Gasteiger partial charge on any atom is -0.323 e. The Kier molecular flexibility index (Phi) is 5.80. The maximum absolute atomic E-state index is 13.8. The topological polar surface area (TPSA) is 89.8 Å². The van der Waals surface area contributed by atoms with Crippen LogP contribution in [0.1, 0.15) is 5.56 Å². The molecule has 7 nitrogen and oxygen atoms in total. The largest absolute Gasteiger partial charge is 0.323 e. The molecule has 4 rings (SSSR count). The summed E-state index contributed by atoms with van der Waals surface area (Å²) in [5.41, 5.74) is 0.974. The number of benzene rings is 1. The van der Waals surface area contributed by atoms with E-state index < -0.39 is 11.7 Å². The number of hydrogen-bond donors (Lipinski definition) is 1. The Morgan fingerprint density at radius 1 is 1.10 bits per heavy atom. The zero-order valence-electron chi connectivity index (χ0n) is 15.7. The molecule has 0 atom stereocenters. The van der Waals surface area contributed by atoms with Crippen molar-refractivity contribution in [1.82, 2.24) is 19.5 Å². The van der Waals surface area contributed by atoms with E-state index in [0.29, 0.717) is 16.2 Å². The minimum atomic E-state index is -0.516. The molecule has 30 heavy (non-hydrogen) atoms. The summed E-state index contributed by atoms with van der Waals surface area (Å²) in [6, 6.07) is 12.9. The summed E-state index contributed by atoms with van der Waals surface area (Å²) in [7, 11) is 0. The van der Waals surface area contributed by atoms with E-state index in [1.54, 1.807) is 48.9 Å². The number of halogens is 1. The predicted molar refractivity (Wildman–Crippen MR) is 113 cm³/mol. The highest BCUT2D eigenvalue weighted by atomic mass is 32.2. The van der Waals surface area contributed by atoms with Gasteiger partial charge in [0.2, 0.25) is 5.91 Å². The van der Waals surface area contributed by atoms with Crippen LogP contribution in [0.3, 0.4) is 0 Å². The summed E-state index contributed by atoms with van der Waals surface area (Å²) in [6.07, 6.45) is 4.87. The molecule has 0 aliphatic heterocycles. The molecule has 0 unspecified atom stereocenters. The van der Waals surface area contributed by atoms with Crippen LogP contribution in [-0.2, 0) is 11.3 Å². The predicted octanol–water partition coefficient (Wildman–Crippen LogP) is 3.10. The van der Waals surface area contributed by atoms with Crippen LogP contribution < -0.4 is 10.9 Å². The second kappa shape index (κ2) is 8.83. The highest BCUT2D eigenvalue weighted by Crippen LogP contribution is 2.19. The maximum Gasteiger partial charge on any atom is 0.263 e. The van der Waals surface area contributed by atoms with E-state index in [1.807, 2.05) is 6.07 Å². The van der Waals surface area contributed by atoms with E-state index in [2.05, 4.69) is 20.3 Å². The van der Waals surface area contributed by atoms with Crippen molar-refractivity contribution in [2.24, 2.45) is 0 Å². The third kappa shape index (κ3) is 4.36. The molecule has 9 heteroatoms. The summed E-state index contributed by atoms with van der Waals surface area (Å²) < 4.78 is 15.2. The number of hydrogen-bond acceptors (Lipinski definition) is 6. The lowest BCUT2D eigenvalue weighted by atomic mass is 10.3. The Hall–Kier alpha value is -3.59. The van der Waals surface area contributed by atoms with E-state index in [1.165, 1.54) is 16.7 Å². The van der Waals surface area contributed by atoms with Gasteiger partial charge < -0.3 is 5.32 Å². The Bertz CT molecular complexity index is 1260.